The Bertz CT molecular complexity index is 1150. The number of halogens is 2. The van der Waals surface area contributed by atoms with Crippen LogP contribution in [0.5, 0.6) is 0 Å². The second-order valence-electron chi connectivity index (χ2n) is 8.76. The minimum absolute atomic E-state index is 0.153. The fourth-order valence-corrected chi connectivity index (χ4v) is 4.18. The molecule has 3 rings (SSSR count). The summed E-state index contributed by atoms with van der Waals surface area (Å²) in [4.78, 5) is 29.4. The van der Waals surface area contributed by atoms with Gasteiger partial charge in [0.05, 0.1) is 10.0 Å². The van der Waals surface area contributed by atoms with Gasteiger partial charge in [-0.15, -0.1) is 0 Å². The lowest BCUT2D eigenvalue weighted by Gasteiger charge is -2.21. The zero-order valence-corrected chi connectivity index (χ0v) is 21.9. The molecule has 0 saturated carbocycles. The molecule has 0 atom stereocenters. The molecule has 2 aromatic carbocycles. The Morgan fingerprint density at radius 2 is 1.61 bits per heavy atom. The van der Waals surface area contributed by atoms with Crippen LogP contribution in [0.1, 0.15) is 62.4 Å². The Labute approximate surface area is 221 Å². The van der Waals surface area contributed by atoms with Crippen LogP contribution in [0.15, 0.2) is 47.0 Å². The lowest BCUT2D eigenvalue weighted by atomic mass is 10.1. The van der Waals surface area contributed by atoms with Crippen LogP contribution in [0.4, 0.5) is 0 Å². The minimum Gasteiger partial charge on any atom is -0.474 e. The number of hydrogen-bond donors (Lipinski definition) is 1. The third kappa shape index (κ3) is 8.35. The first-order valence-electron chi connectivity index (χ1n) is 12.3. The fourth-order valence-electron chi connectivity index (χ4n) is 3.86. The molecule has 0 saturated heterocycles. The number of carbonyl (C=O) groups excluding carboxylic acids is 1. The van der Waals surface area contributed by atoms with Gasteiger partial charge in [-0.3, -0.25) is 4.79 Å². The largest absolute Gasteiger partial charge is 0.474 e. The Kier molecular flexibility index (Phi) is 10.8. The summed E-state index contributed by atoms with van der Waals surface area (Å²) in [5, 5.41) is 14.2. The molecule has 3 aromatic rings. The monoisotopic (exact) mass is 531 g/mol. The van der Waals surface area contributed by atoms with Crippen molar-refractivity contribution in [3.05, 3.63) is 69.5 Å². The molecule has 1 amide bonds. The number of hydrogen-bond acceptors (Lipinski definition) is 5. The molecule has 0 unspecified atom stereocenters. The van der Waals surface area contributed by atoms with Crippen molar-refractivity contribution in [2.75, 3.05) is 6.54 Å². The van der Waals surface area contributed by atoms with Gasteiger partial charge in [0.15, 0.2) is 5.82 Å². The van der Waals surface area contributed by atoms with Gasteiger partial charge >= 0.3 is 11.9 Å². The lowest BCUT2D eigenvalue weighted by Crippen LogP contribution is -2.37. The number of carboxylic acids is 1. The number of aromatic nitrogens is 2. The number of carbonyl (C=O) groups is 2. The van der Waals surface area contributed by atoms with Crippen LogP contribution in [0.25, 0.3) is 11.5 Å². The van der Waals surface area contributed by atoms with Gasteiger partial charge in [0.1, 0.15) is 0 Å². The van der Waals surface area contributed by atoms with Crippen molar-refractivity contribution >= 4 is 35.1 Å². The molecule has 1 aromatic heterocycles. The van der Waals surface area contributed by atoms with Crippen molar-refractivity contribution in [3.8, 4) is 11.5 Å². The summed E-state index contributed by atoms with van der Waals surface area (Å²) in [7, 11) is 0. The van der Waals surface area contributed by atoms with E-state index in [-0.39, 0.29) is 13.1 Å². The predicted octanol–water partition coefficient (Wildman–Crippen LogP) is 6.60. The van der Waals surface area contributed by atoms with E-state index in [2.05, 4.69) is 17.1 Å². The highest BCUT2D eigenvalue weighted by Gasteiger charge is 2.21. The molecule has 0 radical (unpaired) electrons. The van der Waals surface area contributed by atoms with Crippen molar-refractivity contribution in [2.45, 2.75) is 64.8 Å². The Morgan fingerprint density at radius 1 is 0.917 bits per heavy atom. The van der Waals surface area contributed by atoms with Crippen molar-refractivity contribution in [1.29, 1.82) is 0 Å². The van der Waals surface area contributed by atoms with Gasteiger partial charge in [0.2, 0.25) is 0 Å². The average molecular weight is 532 g/mol. The van der Waals surface area contributed by atoms with Gasteiger partial charge in [-0.05, 0) is 48.2 Å². The van der Waals surface area contributed by atoms with Crippen LogP contribution in [0.2, 0.25) is 10.0 Å². The molecule has 0 spiro atoms. The Balaban J connectivity index is 1.58. The van der Waals surface area contributed by atoms with E-state index in [0.29, 0.717) is 28.2 Å². The zero-order chi connectivity index (χ0) is 25.9. The molecule has 192 valence electrons. The molecule has 0 aliphatic rings. The molecule has 0 bridgehead atoms. The Morgan fingerprint density at radius 3 is 2.31 bits per heavy atom. The summed E-state index contributed by atoms with van der Waals surface area (Å²) >= 11 is 12.0. The van der Waals surface area contributed by atoms with E-state index in [1.807, 2.05) is 24.3 Å². The maximum atomic E-state index is 12.3. The van der Waals surface area contributed by atoms with Crippen molar-refractivity contribution in [1.82, 2.24) is 15.0 Å². The third-order valence-electron chi connectivity index (χ3n) is 5.92. The molecule has 0 aliphatic heterocycles. The SMILES string of the molecule is CCCCCCCCc1noc(-c2ccc(CN(CCc3ccc(Cl)c(Cl)c3)C(=O)C(=O)O)cc2)n1. The van der Waals surface area contributed by atoms with Gasteiger partial charge in [-0.2, -0.15) is 4.98 Å². The summed E-state index contributed by atoms with van der Waals surface area (Å²) in [5.74, 6) is -1.31. The first kappa shape index (κ1) is 27.7. The quantitative estimate of drug-likeness (QED) is 0.197. The van der Waals surface area contributed by atoms with Gasteiger partial charge < -0.3 is 14.5 Å². The molecule has 1 heterocycles. The molecule has 0 aliphatic carbocycles. The highest BCUT2D eigenvalue weighted by atomic mass is 35.5. The molecular weight excluding hydrogens is 501 g/mol. The van der Waals surface area contributed by atoms with Crippen molar-refractivity contribution in [2.24, 2.45) is 0 Å². The van der Waals surface area contributed by atoms with E-state index in [9.17, 15) is 14.7 Å². The van der Waals surface area contributed by atoms with Gasteiger partial charge in [0.25, 0.3) is 5.89 Å². The minimum atomic E-state index is -1.50. The first-order chi connectivity index (χ1) is 17.4. The number of carboxylic acid groups (broad SMARTS) is 1. The molecular formula is C27H31Cl2N3O4. The van der Waals surface area contributed by atoms with Crippen LogP contribution in [0, 0.1) is 0 Å². The van der Waals surface area contributed by atoms with Gasteiger partial charge in [-0.1, -0.05) is 85.6 Å². The summed E-state index contributed by atoms with van der Waals surface area (Å²) in [6.45, 7) is 2.58. The maximum Gasteiger partial charge on any atom is 0.394 e. The normalized spacial score (nSPS) is 11.0. The fraction of sp³-hybridized carbons (Fsp3) is 0.407. The van der Waals surface area contributed by atoms with Crippen molar-refractivity contribution in [3.63, 3.8) is 0 Å². The summed E-state index contributed by atoms with van der Waals surface area (Å²) in [6, 6.07) is 12.5. The number of aryl methyl sites for hydroxylation is 1. The predicted molar refractivity (Wildman–Crippen MR) is 140 cm³/mol. The average Bonchev–Trinajstić information content (AvgIpc) is 3.34. The smallest absolute Gasteiger partial charge is 0.394 e. The third-order valence-corrected chi connectivity index (χ3v) is 6.66. The molecule has 0 fully saturated rings. The van der Waals surface area contributed by atoms with Crippen LogP contribution in [0.3, 0.4) is 0 Å². The number of aliphatic carboxylic acids is 1. The number of unbranched alkanes of at least 4 members (excludes halogenated alkanes) is 5. The summed E-state index contributed by atoms with van der Waals surface area (Å²) in [5.41, 5.74) is 2.41. The highest BCUT2D eigenvalue weighted by Crippen LogP contribution is 2.23. The summed E-state index contributed by atoms with van der Waals surface area (Å²) < 4.78 is 5.42. The van der Waals surface area contributed by atoms with E-state index >= 15 is 0 Å². The molecule has 7 nitrogen and oxygen atoms in total. The van der Waals surface area contributed by atoms with Crippen LogP contribution in [-0.4, -0.2) is 38.6 Å². The highest BCUT2D eigenvalue weighted by molar-refractivity contribution is 6.42. The van der Waals surface area contributed by atoms with Gasteiger partial charge in [-0.25, -0.2) is 4.79 Å². The topological polar surface area (TPSA) is 96.5 Å². The van der Waals surface area contributed by atoms with Gasteiger partial charge in [0, 0.05) is 25.1 Å². The van der Waals surface area contributed by atoms with Crippen LogP contribution in [-0.2, 0) is 29.0 Å². The van der Waals surface area contributed by atoms with E-state index in [0.717, 1.165) is 36.0 Å². The van der Waals surface area contributed by atoms with E-state index in [1.54, 1.807) is 18.2 Å². The van der Waals surface area contributed by atoms with Crippen LogP contribution >= 0.6 is 23.2 Å². The number of amides is 1. The molecule has 9 heteroatoms. The Hall–Kier alpha value is -2.90. The van der Waals surface area contributed by atoms with E-state index in [4.69, 9.17) is 27.7 Å². The second-order valence-corrected chi connectivity index (χ2v) is 9.58. The summed E-state index contributed by atoms with van der Waals surface area (Å²) in [6.07, 6.45) is 8.45. The van der Waals surface area contributed by atoms with Crippen LogP contribution < -0.4 is 0 Å². The zero-order valence-electron chi connectivity index (χ0n) is 20.4. The van der Waals surface area contributed by atoms with Crippen molar-refractivity contribution < 1.29 is 19.2 Å². The van der Waals surface area contributed by atoms with E-state index in [1.165, 1.54) is 30.6 Å². The van der Waals surface area contributed by atoms with E-state index < -0.39 is 11.9 Å². The lowest BCUT2D eigenvalue weighted by molar-refractivity contribution is -0.156. The number of nitrogens with zero attached hydrogens (tertiary/aromatic N) is 3. The molecule has 1 N–H and O–H groups in total. The second kappa shape index (κ2) is 14.0. The number of benzene rings is 2. The first-order valence-corrected chi connectivity index (χ1v) is 13.0. The maximum absolute atomic E-state index is 12.3. The molecule has 36 heavy (non-hydrogen) atoms. The standard InChI is InChI=1S/C27H31Cl2N3O4/c1-2-3-4-5-6-7-8-24-30-25(36-31-24)21-12-9-20(10-13-21)18-32(26(33)27(34)35)16-15-19-11-14-22(28)23(29)17-19/h9-14,17H,2-8,15-16,18H2,1H3,(H,34,35). The number of rotatable bonds is 13.